The van der Waals surface area contributed by atoms with Crippen LogP contribution < -0.4 is 0 Å². The molecule has 2 aliphatic heterocycles. The fourth-order valence-electron chi connectivity index (χ4n) is 0.931. The van der Waals surface area contributed by atoms with Gasteiger partial charge in [0.15, 0.2) is 0 Å². The summed E-state index contributed by atoms with van der Waals surface area (Å²) in [6.45, 7) is 0. The molecule has 0 radical (unpaired) electrons. The van der Waals surface area contributed by atoms with Crippen molar-refractivity contribution in [3.63, 3.8) is 0 Å². The molecule has 0 bridgehead atoms. The molecule has 0 aliphatic carbocycles. The highest BCUT2D eigenvalue weighted by molar-refractivity contribution is 6.83. The highest BCUT2D eigenvalue weighted by atomic mass is 28.4. The third-order valence-electron chi connectivity index (χ3n) is 1.44. The van der Waals surface area contributed by atoms with E-state index in [0.717, 1.165) is 17.8 Å². The predicted molar refractivity (Wildman–Crippen MR) is 26.6 cm³/mol. The molecule has 2 aliphatic rings. The van der Waals surface area contributed by atoms with Crippen LogP contribution in [0.1, 0.15) is 6.42 Å². The molecule has 3 heteroatoms. The summed E-state index contributed by atoms with van der Waals surface area (Å²) >= 11 is 0. The molecule has 7 heavy (non-hydrogen) atoms. The Kier molecular flexibility index (Phi) is 0.414. The van der Waals surface area contributed by atoms with Gasteiger partial charge in [0.25, 0.3) is 0 Å². The fourth-order valence-corrected chi connectivity index (χ4v) is 3.03. The Hall–Kier alpha value is -0.283. The van der Waals surface area contributed by atoms with Crippen LogP contribution in [-0.2, 0) is 4.43 Å². The van der Waals surface area contributed by atoms with Crippen molar-refractivity contribution < 1.29 is 9.22 Å². The Morgan fingerprint density at radius 1 is 1.86 bits per heavy atom. The Morgan fingerprint density at radius 2 is 2.71 bits per heavy atom. The average Bonchev–Trinajstić information content (AvgIpc) is 2.09. The third kappa shape index (κ3) is 0.320. The zero-order valence-electron chi connectivity index (χ0n) is 3.85. The van der Waals surface area contributed by atoms with E-state index in [1.165, 1.54) is 0 Å². The molecule has 1 unspecified atom stereocenters. The zero-order chi connectivity index (χ0) is 4.91. The maximum absolute atomic E-state index is 9.12. The Balaban J connectivity index is 2.37. The quantitative estimate of drug-likeness (QED) is 0.362. The summed E-state index contributed by atoms with van der Waals surface area (Å²) in [5.74, 6) is 0. The predicted octanol–water partition coefficient (Wildman–Crippen LogP) is 0.278. The van der Waals surface area contributed by atoms with Crippen LogP contribution in [0.5, 0.6) is 0 Å². The summed E-state index contributed by atoms with van der Waals surface area (Å²) in [6.07, 6.45) is 3.03. The van der Waals surface area contributed by atoms with Crippen LogP contribution in [0.15, 0.2) is 11.5 Å². The van der Waals surface area contributed by atoms with Crippen LogP contribution in [0.4, 0.5) is 0 Å². The van der Waals surface area contributed by atoms with Crippen molar-refractivity contribution in [3.8, 4) is 0 Å². The largest absolute Gasteiger partial charge is 0.517 e. The van der Waals surface area contributed by atoms with Gasteiger partial charge in [-0.3, -0.25) is 0 Å². The number of allylic oxidation sites excluding steroid dienone is 1. The summed E-state index contributed by atoms with van der Waals surface area (Å²) in [6, 6.07) is 0.905. The van der Waals surface area contributed by atoms with E-state index in [1.807, 2.05) is 6.08 Å². The highest BCUT2D eigenvalue weighted by Crippen LogP contribution is 2.43. The van der Waals surface area contributed by atoms with Crippen LogP contribution >= 0.6 is 0 Å². The van der Waals surface area contributed by atoms with E-state index in [-0.39, 0.29) is 0 Å². The minimum atomic E-state index is -2.01. The van der Waals surface area contributed by atoms with Gasteiger partial charge < -0.3 is 9.22 Å². The van der Waals surface area contributed by atoms with Crippen molar-refractivity contribution in [1.82, 2.24) is 0 Å². The lowest BCUT2D eigenvalue weighted by Gasteiger charge is -1.86. The summed E-state index contributed by atoms with van der Waals surface area (Å²) in [4.78, 5) is 9.12. The molecule has 1 N–H and O–H groups in total. The van der Waals surface area contributed by atoms with Gasteiger partial charge in [-0.2, -0.15) is 0 Å². The molecule has 1 saturated heterocycles. The summed E-state index contributed by atoms with van der Waals surface area (Å²) in [5.41, 5.74) is 0. The lowest BCUT2D eigenvalue weighted by Crippen LogP contribution is -2.10. The molecule has 1 atom stereocenters. The molecule has 0 aromatic carbocycles. The van der Waals surface area contributed by atoms with Crippen LogP contribution in [0.3, 0.4) is 0 Å². The standard InChI is InChI=1S/C4H6O2Si/c5-7-3-1-2-4(7)6-7/h2,5H,1,3H2. The SMILES string of the molecule is O[Si]12CCC=C1O2. The second kappa shape index (κ2) is 0.787. The molecular formula is C4H6O2Si. The molecule has 0 saturated carbocycles. The van der Waals surface area contributed by atoms with Gasteiger partial charge in [0.1, 0.15) is 5.38 Å². The monoisotopic (exact) mass is 114 g/mol. The van der Waals surface area contributed by atoms with E-state index in [4.69, 9.17) is 9.22 Å². The second-order valence-electron chi connectivity index (χ2n) is 1.99. The molecule has 0 amide bonds. The smallest absolute Gasteiger partial charge is 0.465 e. The van der Waals surface area contributed by atoms with Crippen LogP contribution in [0, 0.1) is 0 Å². The highest BCUT2D eigenvalue weighted by Gasteiger charge is 2.59. The minimum absolute atomic E-state index is 0.905. The van der Waals surface area contributed by atoms with Crippen LogP contribution in [0.25, 0.3) is 0 Å². The first-order valence-electron chi connectivity index (χ1n) is 2.43. The first kappa shape index (κ1) is 3.69. The third-order valence-corrected chi connectivity index (χ3v) is 3.85. The van der Waals surface area contributed by atoms with Gasteiger partial charge in [-0.15, -0.1) is 0 Å². The molecule has 0 spiro atoms. The summed E-state index contributed by atoms with van der Waals surface area (Å²) in [7, 11) is -2.01. The molecule has 0 aromatic heterocycles. The van der Waals surface area contributed by atoms with E-state index in [9.17, 15) is 0 Å². The van der Waals surface area contributed by atoms with Gasteiger partial charge in [-0.25, -0.2) is 0 Å². The van der Waals surface area contributed by atoms with Crippen molar-refractivity contribution in [3.05, 3.63) is 11.5 Å². The van der Waals surface area contributed by atoms with Crippen LogP contribution in [-0.4, -0.2) is 13.4 Å². The fraction of sp³-hybridized carbons (Fsp3) is 0.500. The number of rotatable bonds is 0. The van der Waals surface area contributed by atoms with Gasteiger partial charge in [-0.05, 0) is 12.5 Å². The maximum Gasteiger partial charge on any atom is 0.465 e. The van der Waals surface area contributed by atoms with Crippen molar-refractivity contribution in [2.45, 2.75) is 12.5 Å². The normalized spacial score (nSPS) is 44.4. The molecule has 2 nitrogen and oxygen atoms in total. The van der Waals surface area contributed by atoms with Crippen LogP contribution in [0.2, 0.25) is 6.04 Å². The van der Waals surface area contributed by atoms with Crippen molar-refractivity contribution >= 4 is 8.56 Å². The molecule has 2 rings (SSSR count). The van der Waals surface area contributed by atoms with E-state index < -0.39 is 8.56 Å². The lowest BCUT2D eigenvalue weighted by molar-refractivity contribution is 0.459. The minimum Gasteiger partial charge on any atom is -0.517 e. The Morgan fingerprint density at radius 3 is 2.86 bits per heavy atom. The van der Waals surface area contributed by atoms with Crippen molar-refractivity contribution in [1.29, 1.82) is 0 Å². The summed E-state index contributed by atoms with van der Waals surface area (Å²) in [5, 5.41) is 0.924. The van der Waals surface area contributed by atoms with Crippen molar-refractivity contribution in [2.24, 2.45) is 0 Å². The molecule has 0 aromatic rings. The van der Waals surface area contributed by atoms with Crippen molar-refractivity contribution in [2.75, 3.05) is 0 Å². The number of hydrogen-bond donors (Lipinski definition) is 1. The average molecular weight is 114 g/mol. The van der Waals surface area contributed by atoms with Gasteiger partial charge in [0.2, 0.25) is 0 Å². The molecule has 2 heterocycles. The van der Waals surface area contributed by atoms with E-state index in [0.29, 0.717) is 0 Å². The number of fused-ring (bicyclic) bond motifs is 1. The zero-order valence-corrected chi connectivity index (χ0v) is 4.85. The Bertz CT molecular complexity index is 143. The molecular weight excluding hydrogens is 108 g/mol. The van der Waals surface area contributed by atoms with Gasteiger partial charge in [-0.1, -0.05) is 0 Å². The summed E-state index contributed by atoms with van der Waals surface area (Å²) < 4.78 is 4.90. The van der Waals surface area contributed by atoms with E-state index in [1.54, 1.807) is 0 Å². The second-order valence-corrected chi connectivity index (χ2v) is 4.76. The van der Waals surface area contributed by atoms with Gasteiger partial charge in [0, 0.05) is 6.04 Å². The lowest BCUT2D eigenvalue weighted by atomic mass is 10.5. The topological polar surface area (TPSA) is 32.8 Å². The number of hydrogen-bond acceptors (Lipinski definition) is 2. The van der Waals surface area contributed by atoms with E-state index in [2.05, 4.69) is 0 Å². The molecule has 38 valence electrons. The molecule has 1 fully saturated rings. The van der Waals surface area contributed by atoms with E-state index >= 15 is 0 Å². The maximum atomic E-state index is 9.12. The first-order valence-corrected chi connectivity index (χ1v) is 4.49. The van der Waals surface area contributed by atoms with Gasteiger partial charge >= 0.3 is 8.56 Å². The first-order chi connectivity index (χ1) is 3.31. The Labute approximate surface area is 42.7 Å². The van der Waals surface area contributed by atoms with Gasteiger partial charge in [0.05, 0.1) is 0 Å².